The van der Waals surface area contributed by atoms with E-state index >= 15 is 0 Å². The first kappa shape index (κ1) is 58.5. The number of aliphatic hydroxyl groups is 13. The van der Waals surface area contributed by atoms with Crippen LogP contribution in [0.1, 0.15) is 106 Å². The molecule has 28 atom stereocenters. The van der Waals surface area contributed by atoms with Gasteiger partial charge in [-0.15, -0.1) is 0 Å². The summed E-state index contributed by atoms with van der Waals surface area (Å²) in [5.74, 6) is -1.48. The summed E-state index contributed by atoms with van der Waals surface area (Å²) in [7, 11) is 0. The van der Waals surface area contributed by atoms with Gasteiger partial charge in [0.1, 0.15) is 85.5 Å². The first-order valence-electron chi connectivity index (χ1n) is 27.7. The number of allylic oxidation sites excluding steroid dienone is 2. The lowest BCUT2D eigenvalue weighted by atomic mass is 9.42. The molecule has 0 bridgehead atoms. The molecule has 2 saturated carbocycles. The Kier molecular flexibility index (Phi) is 16.1. The lowest BCUT2D eigenvalue weighted by Gasteiger charge is -2.64. The van der Waals surface area contributed by atoms with Gasteiger partial charge in [-0.05, 0) is 81.0 Å². The highest BCUT2D eigenvalue weighted by Crippen LogP contribution is 2.76. The maximum Gasteiger partial charge on any atom is 0.311 e. The van der Waals surface area contributed by atoms with Gasteiger partial charge < -0.3 is 114 Å². The van der Waals surface area contributed by atoms with E-state index in [9.17, 15) is 71.2 Å². The van der Waals surface area contributed by atoms with E-state index in [0.29, 0.717) is 38.5 Å². The van der Waals surface area contributed by atoms with Gasteiger partial charge in [0.25, 0.3) is 0 Å². The Balaban J connectivity index is 0.841. The normalized spacial score (nSPS) is 54.6. The molecule has 0 aromatic carbocycles. The molecule has 0 radical (unpaired) electrons. The van der Waals surface area contributed by atoms with E-state index in [1.807, 2.05) is 6.92 Å². The van der Waals surface area contributed by atoms with Crippen LogP contribution in [0.4, 0.5) is 0 Å². The fourth-order valence-corrected chi connectivity index (χ4v) is 16.5. The van der Waals surface area contributed by atoms with Crippen molar-refractivity contribution in [2.24, 2.45) is 39.4 Å². The van der Waals surface area contributed by atoms with Crippen LogP contribution in [0.25, 0.3) is 0 Å². The summed E-state index contributed by atoms with van der Waals surface area (Å²) in [6.45, 7) is 9.54. The van der Waals surface area contributed by atoms with Gasteiger partial charge in [-0.3, -0.25) is 4.79 Å². The Morgan fingerprint density at radius 3 is 1.91 bits per heavy atom. The summed E-state index contributed by atoms with van der Waals surface area (Å²) in [5.41, 5.74) is 0.0261. The Labute approximate surface area is 447 Å². The average Bonchev–Trinajstić information content (AvgIpc) is 3.90. The van der Waals surface area contributed by atoms with E-state index in [1.165, 1.54) is 18.1 Å². The van der Waals surface area contributed by atoms with Crippen molar-refractivity contribution in [1.82, 2.24) is 0 Å². The molecule has 2 spiro atoms. The van der Waals surface area contributed by atoms with Crippen molar-refractivity contribution >= 4 is 5.97 Å². The van der Waals surface area contributed by atoms with E-state index < -0.39 is 178 Å². The van der Waals surface area contributed by atoms with Crippen LogP contribution in [0.3, 0.4) is 0 Å². The highest BCUT2D eigenvalue weighted by Gasteiger charge is 2.75. The molecule has 440 valence electrons. The molecule has 4 aliphatic carbocycles. The van der Waals surface area contributed by atoms with Gasteiger partial charge in [0.15, 0.2) is 25.2 Å². The fourth-order valence-electron chi connectivity index (χ4n) is 16.5. The lowest BCUT2D eigenvalue weighted by molar-refractivity contribution is -0.390. The number of carbonyl (C=O) groups is 1. The second-order valence-corrected chi connectivity index (χ2v) is 25.1. The predicted octanol–water partition coefficient (Wildman–Crippen LogP) is -2.54. The van der Waals surface area contributed by atoms with Crippen LogP contribution in [0.15, 0.2) is 11.1 Å². The molecule has 8 fully saturated rings. The number of hydrogen-bond donors (Lipinski definition) is 13. The number of esters is 1. The minimum absolute atomic E-state index is 0.158. The Hall–Kier alpha value is -1.67. The highest BCUT2D eigenvalue weighted by molar-refractivity contribution is 5.74. The summed E-state index contributed by atoms with van der Waals surface area (Å²) in [6.07, 6.45) is -26.3. The van der Waals surface area contributed by atoms with E-state index in [1.54, 1.807) is 0 Å². The van der Waals surface area contributed by atoms with Crippen LogP contribution in [-0.2, 0) is 52.2 Å². The van der Waals surface area contributed by atoms with Gasteiger partial charge in [0, 0.05) is 23.7 Å². The molecule has 0 amide bonds. The number of ether oxygens (including phenoxy) is 10. The van der Waals surface area contributed by atoms with Crippen molar-refractivity contribution in [3.8, 4) is 0 Å². The molecule has 6 heterocycles. The van der Waals surface area contributed by atoms with E-state index in [0.717, 1.165) is 25.7 Å². The molecule has 77 heavy (non-hydrogen) atoms. The van der Waals surface area contributed by atoms with Crippen LogP contribution in [0, 0.1) is 39.4 Å². The van der Waals surface area contributed by atoms with Crippen LogP contribution in [-0.4, -0.2) is 240 Å². The molecule has 10 aliphatic rings. The molecule has 0 aromatic rings. The number of fused-ring (bicyclic) bond motifs is 5. The standard InChI is InChI=1S/C53H84O24/c1-22-15-52(76-43(22)67)16-23(2)53(77-52)14-13-49(5)26-7-8-30-48(4,25(26)9-12-50(49,53)6)11-10-31(51(30,20-55)21-56)73-45-40(66)37(63)35(61)29(72-45)19-69-46-41(33(59)27(57)18-68-46)75-47-42(38(64)34(60)28(17-54)71-47)74-44-39(65)36(62)32(58)24(3)70-44/h22-24,27-42,44-47,54-66H,7-21H2,1-6H3/t22-,23-,24+,27+,28-,29-,30-,31+,32+,33+,34-,35-,36-,37+,38+,39-,40-,41-,42-,44+,45+,46+,47+,48-,49+,50+,52+,53+/m1/s1. The zero-order valence-electron chi connectivity index (χ0n) is 44.7. The molecule has 6 aliphatic heterocycles. The maximum absolute atomic E-state index is 12.7. The summed E-state index contributed by atoms with van der Waals surface area (Å²) < 4.78 is 60.8. The van der Waals surface area contributed by atoms with Crippen molar-refractivity contribution in [3.63, 3.8) is 0 Å². The minimum Gasteiger partial charge on any atom is -0.433 e. The monoisotopic (exact) mass is 1100 g/mol. The van der Waals surface area contributed by atoms with Gasteiger partial charge in [0.05, 0.1) is 56.8 Å². The number of carbonyl (C=O) groups excluding carboxylic acids is 1. The summed E-state index contributed by atoms with van der Waals surface area (Å²) >= 11 is 0. The van der Waals surface area contributed by atoms with E-state index in [2.05, 4.69) is 27.7 Å². The third-order valence-electron chi connectivity index (χ3n) is 21.2. The number of aliphatic hydroxyl groups excluding tert-OH is 13. The van der Waals surface area contributed by atoms with Crippen LogP contribution < -0.4 is 0 Å². The third kappa shape index (κ3) is 9.05. The zero-order valence-corrected chi connectivity index (χ0v) is 44.7. The minimum atomic E-state index is -1.92. The third-order valence-corrected chi connectivity index (χ3v) is 21.2. The maximum atomic E-state index is 12.7. The number of hydrogen-bond acceptors (Lipinski definition) is 24. The molecular weight excluding hydrogens is 1020 g/mol. The largest absolute Gasteiger partial charge is 0.433 e. The smallest absolute Gasteiger partial charge is 0.311 e. The molecule has 10 rings (SSSR count). The van der Waals surface area contributed by atoms with E-state index in [-0.39, 0.29) is 34.6 Å². The average molecular weight is 1110 g/mol. The van der Waals surface area contributed by atoms with Crippen molar-refractivity contribution in [2.75, 3.05) is 33.0 Å². The van der Waals surface area contributed by atoms with Crippen molar-refractivity contribution in [3.05, 3.63) is 11.1 Å². The molecular formula is C53H84O24. The van der Waals surface area contributed by atoms with Gasteiger partial charge >= 0.3 is 5.97 Å². The van der Waals surface area contributed by atoms with Crippen molar-refractivity contribution in [1.29, 1.82) is 0 Å². The van der Waals surface area contributed by atoms with Gasteiger partial charge in [0.2, 0.25) is 5.79 Å². The van der Waals surface area contributed by atoms with Gasteiger partial charge in [-0.1, -0.05) is 45.8 Å². The Bertz CT molecular complexity index is 2170. The molecule has 13 N–H and O–H groups in total. The Morgan fingerprint density at radius 2 is 1.25 bits per heavy atom. The van der Waals surface area contributed by atoms with E-state index in [4.69, 9.17) is 47.4 Å². The van der Waals surface area contributed by atoms with Crippen LogP contribution in [0.5, 0.6) is 0 Å². The molecule has 24 nitrogen and oxygen atoms in total. The molecule has 6 saturated heterocycles. The quantitative estimate of drug-likeness (QED) is 0.0707. The Morgan fingerprint density at radius 1 is 0.610 bits per heavy atom. The van der Waals surface area contributed by atoms with Crippen LogP contribution >= 0.6 is 0 Å². The van der Waals surface area contributed by atoms with Crippen LogP contribution in [0.2, 0.25) is 0 Å². The summed E-state index contributed by atoms with van der Waals surface area (Å²) in [4.78, 5) is 12.7. The van der Waals surface area contributed by atoms with Crippen molar-refractivity contribution in [2.45, 2.75) is 240 Å². The molecule has 0 unspecified atom stereocenters. The summed E-state index contributed by atoms with van der Waals surface area (Å²) in [6, 6.07) is 0. The lowest BCUT2D eigenvalue weighted by Crippen LogP contribution is -2.66. The highest BCUT2D eigenvalue weighted by atomic mass is 16.8. The first-order chi connectivity index (χ1) is 36.3. The first-order valence-corrected chi connectivity index (χ1v) is 27.7. The second kappa shape index (κ2) is 21.2. The molecule has 0 aromatic heterocycles. The summed E-state index contributed by atoms with van der Waals surface area (Å²) in [5, 5.41) is 142. The predicted molar refractivity (Wildman–Crippen MR) is 258 cm³/mol. The second-order valence-electron chi connectivity index (χ2n) is 25.1. The topological polar surface area (TPSA) is 372 Å². The SMILES string of the molecule is C[C@@H]1C[C@]2(C[C@@H](C)[C@]3(CC[C@@]4(C)C5=C(CC[C@@]43C)[C@@]3(C)CC[C@H](O[C@@H]4O[C@H](CO[C@@H]6OC[C@H](O)[C@H](O)[C@H]6O[C@@H]6O[C@H](CO)[C@@H](O)[C@H](O)[C@H]6O[C@@H]6O[C@@H](C)[C@H](O)[C@@H](O)[C@H]6O)[C@@H](O)[C@H](O)[C@H]4O)C(CO)(CO)[C@@H]3CC5)O2)OC1=O. The van der Waals surface area contributed by atoms with Gasteiger partial charge in [-0.25, -0.2) is 0 Å². The van der Waals surface area contributed by atoms with Gasteiger partial charge in [-0.2, -0.15) is 0 Å². The zero-order chi connectivity index (χ0) is 55.7. The molecule has 24 heteroatoms. The van der Waals surface area contributed by atoms with Crippen molar-refractivity contribution < 1.29 is 119 Å². The fraction of sp³-hybridized carbons (Fsp3) is 0.943. The number of rotatable bonds is 12.